The maximum atomic E-state index is 13.8. The van der Waals surface area contributed by atoms with E-state index in [2.05, 4.69) is 25.5 Å². The zero-order valence-electron chi connectivity index (χ0n) is 16.6. The number of aromatic nitrogens is 5. The minimum Gasteiger partial charge on any atom is -0.352 e. The van der Waals surface area contributed by atoms with Crippen molar-refractivity contribution in [2.45, 2.75) is 26.1 Å². The van der Waals surface area contributed by atoms with Crippen LogP contribution in [0.2, 0.25) is 0 Å². The third-order valence-electron chi connectivity index (χ3n) is 4.49. The summed E-state index contributed by atoms with van der Waals surface area (Å²) in [5.74, 6) is -0.912. The number of carbonyl (C=O) groups excluding carboxylic acids is 1. The fraction of sp³-hybridized carbons (Fsp3) is 0.316. The Kier molecular flexibility index (Phi) is 6.47. The van der Waals surface area contributed by atoms with Crippen molar-refractivity contribution in [2.24, 2.45) is 0 Å². The predicted molar refractivity (Wildman–Crippen MR) is 103 cm³/mol. The lowest BCUT2D eigenvalue weighted by Gasteiger charge is -2.29. The van der Waals surface area contributed by atoms with E-state index in [1.807, 2.05) is 0 Å². The van der Waals surface area contributed by atoms with Crippen LogP contribution in [0.15, 0.2) is 43.0 Å². The number of amides is 1. The number of hydrogen-bond donors (Lipinski definition) is 1. The van der Waals surface area contributed by atoms with E-state index < -0.39 is 17.6 Å². The molecule has 0 fully saturated rings. The van der Waals surface area contributed by atoms with E-state index >= 15 is 0 Å². The third kappa shape index (κ3) is 5.13. The number of nitrogens with one attached hydrogen (secondary N) is 1. The molecule has 164 valence electrons. The molecule has 0 aliphatic rings. The second-order valence-corrected chi connectivity index (χ2v) is 6.59. The van der Waals surface area contributed by atoms with Gasteiger partial charge < -0.3 is 10.2 Å². The first-order chi connectivity index (χ1) is 14.7. The number of nitrogens with zero attached hydrogens (tertiary/aromatic N) is 6. The topological polar surface area (TPSA) is 88.8 Å². The number of carbonyl (C=O) groups is 1. The molecular formula is C19H19F4N7O. The van der Waals surface area contributed by atoms with Gasteiger partial charge in [-0.25, -0.2) is 14.4 Å². The van der Waals surface area contributed by atoms with E-state index in [1.165, 1.54) is 35.5 Å². The molecular weight excluding hydrogens is 418 g/mol. The van der Waals surface area contributed by atoms with Crippen LogP contribution in [0, 0.1) is 5.82 Å². The molecule has 31 heavy (non-hydrogen) atoms. The maximum absolute atomic E-state index is 13.8. The Balaban J connectivity index is 1.74. The molecule has 8 nitrogen and oxygen atoms in total. The molecule has 3 rings (SSSR count). The standard InChI is InChI=1S/C19H19F4N7O/c1-3-29(12(2)9-24-18-25-10-13(11-26-18)19(21,22)23)17(31)15-5-4-14(20)8-16(15)30-27-6-7-28-30/h4-8,10-12H,3,9H2,1-2H3,(H,24,25,26). The van der Waals surface area contributed by atoms with Gasteiger partial charge in [-0.15, -0.1) is 0 Å². The lowest BCUT2D eigenvalue weighted by atomic mass is 10.1. The number of alkyl halides is 3. The van der Waals surface area contributed by atoms with Crippen LogP contribution < -0.4 is 5.32 Å². The summed E-state index contributed by atoms with van der Waals surface area (Å²) < 4.78 is 51.6. The van der Waals surface area contributed by atoms with Crippen molar-refractivity contribution < 1.29 is 22.4 Å². The van der Waals surface area contributed by atoms with Crippen LogP contribution >= 0.6 is 0 Å². The smallest absolute Gasteiger partial charge is 0.352 e. The molecule has 2 aromatic heterocycles. The van der Waals surface area contributed by atoms with E-state index in [1.54, 1.807) is 13.8 Å². The van der Waals surface area contributed by atoms with E-state index in [0.29, 0.717) is 18.9 Å². The second kappa shape index (κ2) is 9.06. The predicted octanol–water partition coefficient (Wildman–Crippen LogP) is 3.18. The summed E-state index contributed by atoms with van der Waals surface area (Å²) in [6.45, 7) is 4.05. The fourth-order valence-electron chi connectivity index (χ4n) is 2.92. The van der Waals surface area contributed by atoms with E-state index in [0.717, 1.165) is 4.80 Å². The summed E-state index contributed by atoms with van der Waals surface area (Å²) in [7, 11) is 0. The number of rotatable bonds is 7. The molecule has 0 spiro atoms. The molecule has 1 atom stereocenters. The first kappa shape index (κ1) is 22.1. The van der Waals surface area contributed by atoms with Crippen LogP contribution in [0.4, 0.5) is 23.5 Å². The van der Waals surface area contributed by atoms with Crippen LogP contribution in [0.25, 0.3) is 5.69 Å². The number of benzene rings is 1. The molecule has 0 saturated carbocycles. The van der Waals surface area contributed by atoms with Gasteiger partial charge in [0.2, 0.25) is 5.95 Å². The molecule has 3 aromatic rings. The van der Waals surface area contributed by atoms with Crippen LogP contribution in [-0.2, 0) is 6.18 Å². The fourth-order valence-corrected chi connectivity index (χ4v) is 2.92. The Labute approximate surface area is 174 Å². The third-order valence-corrected chi connectivity index (χ3v) is 4.49. The van der Waals surface area contributed by atoms with Crippen LogP contribution in [0.1, 0.15) is 29.8 Å². The number of anilines is 1. The molecule has 2 heterocycles. The molecule has 0 bridgehead atoms. The molecule has 1 amide bonds. The van der Waals surface area contributed by atoms with E-state index in [4.69, 9.17) is 0 Å². The summed E-state index contributed by atoms with van der Waals surface area (Å²) in [4.78, 5) is 23.2. The van der Waals surface area contributed by atoms with Crippen LogP contribution in [0.5, 0.6) is 0 Å². The molecule has 0 aliphatic heterocycles. The molecule has 1 N–H and O–H groups in total. The molecule has 0 saturated heterocycles. The van der Waals surface area contributed by atoms with Gasteiger partial charge in [0.25, 0.3) is 5.91 Å². The van der Waals surface area contributed by atoms with Crippen molar-refractivity contribution in [3.8, 4) is 5.69 Å². The van der Waals surface area contributed by atoms with E-state index in [9.17, 15) is 22.4 Å². The van der Waals surface area contributed by atoms with Crippen molar-refractivity contribution in [1.29, 1.82) is 0 Å². The van der Waals surface area contributed by atoms with Gasteiger partial charge in [0.15, 0.2) is 0 Å². The minimum absolute atomic E-state index is 0.00608. The van der Waals surface area contributed by atoms with Gasteiger partial charge in [0.1, 0.15) is 11.5 Å². The van der Waals surface area contributed by atoms with Crippen molar-refractivity contribution in [2.75, 3.05) is 18.4 Å². The van der Waals surface area contributed by atoms with Crippen molar-refractivity contribution in [3.05, 3.63) is 59.9 Å². The highest BCUT2D eigenvalue weighted by Gasteiger charge is 2.31. The van der Waals surface area contributed by atoms with Crippen molar-refractivity contribution in [1.82, 2.24) is 29.9 Å². The quantitative estimate of drug-likeness (QED) is 0.572. The molecule has 0 radical (unpaired) electrons. The molecule has 1 unspecified atom stereocenters. The summed E-state index contributed by atoms with van der Waals surface area (Å²) in [5, 5.41) is 10.7. The maximum Gasteiger partial charge on any atom is 0.419 e. The van der Waals surface area contributed by atoms with Gasteiger partial charge in [-0.05, 0) is 26.0 Å². The highest BCUT2D eigenvalue weighted by molar-refractivity contribution is 5.98. The van der Waals surface area contributed by atoms with Crippen molar-refractivity contribution in [3.63, 3.8) is 0 Å². The van der Waals surface area contributed by atoms with Crippen LogP contribution in [0.3, 0.4) is 0 Å². The Morgan fingerprint density at radius 2 is 1.84 bits per heavy atom. The Bertz CT molecular complexity index is 1020. The van der Waals surface area contributed by atoms with Gasteiger partial charge in [-0.2, -0.15) is 28.2 Å². The van der Waals surface area contributed by atoms with Crippen LogP contribution in [-0.4, -0.2) is 54.9 Å². The average Bonchev–Trinajstić information content (AvgIpc) is 3.27. The van der Waals surface area contributed by atoms with Gasteiger partial charge in [0, 0.05) is 37.6 Å². The normalized spacial score (nSPS) is 12.5. The average molecular weight is 437 g/mol. The van der Waals surface area contributed by atoms with Gasteiger partial charge >= 0.3 is 6.18 Å². The summed E-state index contributed by atoms with van der Waals surface area (Å²) >= 11 is 0. The van der Waals surface area contributed by atoms with E-state index in [-0.39, 0.29) is 35.7 Å². The highest BCUT2D eigenvalue weighted by atomic mass is 19.4. The SMILES string of the molecule is CCN(C(=O)c1ccc(F)cc1-n1nccn1)C(C)CNc1ncc(C(F)(F)F)cn1. The number of likely N-dealkylation sites (N-methyl/N-ethyl adjacent to an activating group) is 1. The molecule has 1 aromatic carbocycles. The summed E-state index contributed by atoms with van der Waals surface area (Å²) in [6.07, 6.45) is -0.330. The number of halogens is 4. The van der Waals surface area contributed by atoms with Gasteiger partial charge in [-0.3, -0.25) is 4.79 Å². The highest BCUT2D eigenvalue weighted by Crippen LogP contribution is 2.28. The Morgan fingerprint density at radius 3 is 2.42 bits per heavy atom. The summed E-state index contributed by atoms with van der Waals surface area (Å²) in [5.41, 5.74) is -0.552. The first-order valence-electron chi connectivity index (χ1n) is 9.31. The minimum atomic E-state index is -4.52. The lowest BCUT2D eigenvalue weighted by Crippen LogP contribution is -2.42. The van der Waals surface area contributed by atoms with Crippen molar-refractivity contribution >= 4 is 11.9 Å². The monoisotopic (exact) mass is 437 g/mol. The molecule has 0 aliphatic carbocycles. The Hall–Kier alpha value is -3.57. The van der Waals surface area contributed by atoms with Gasteiger partial charge in [-0.1, -0.05) is 0 Å². The first-order valence-corrected chi connectivity index (χ1v) is 9.31. The molecule has 12 heteroatoms. The Morgan fingerprint density at radius 1 is 1.19 bits per heavy atom. The van der Waals surface area contributed by atoms with Gasteiger partial charge in [0.05, 0.1) is 23.5 Å². The lowest BCUT2D eigenvalue weighted by molar-refractivity contribution is -0.138. The zero-order valence-corrected chi connectivity index (χ0v) is 16.6. The summed E-state index contributed by atoms with van der Waals surface area (Å²) in [6, 6.07) is 3.32. The second-order valence-electron chi connectivity index (χ2n) is 6.59. The zero-order chi connectivity index (χ0) is 22.6. The largest absolute Gasteiger partial charge is 0.419 e. The number of hydrogen-bond acceptors (Lipinski definition) is 6.